The smallest absolute Gasteiger partial charge is 0.00581 e. The molecule has 1 fully saturated rings. The maximum atomic E-state index is 1.81. The van der Waals surface area contributed by atoms with Crippen molar-refractivity contribution in [2.24, 2.45) is 0 Å². The van der Waals surface area contributed by atoms with Crippen LogP contribution < -0.4 is 0 Å². The van der Waals surface area contributed by atoms with Crippen LogP contribution in [-0.2, 0) is 0 Å². The van der Waals surface area contributed by atoms with Gasteiger partial charge in [-0.3, -0.25) is 0 Å². The highest BCUT2D eigenvalue weighted by Crippen LogP contribution is 1.88. The molecule has 7 heavy (non-hydrogen) atoms. The molecular weight excluding hydrogens is 197 g/mol. The average molecular weight is 211 g/mol. The van der Waals surface area contributed by atoms with Crippen molar-refractivity contribution in [1.82, 2.24) is 0 Å². The van der Waals surface area contributed by atoms with Crippen molar-refractivity contribution in [3.8, 4) is 0 Å². The van der Waals surface area contributed by atoms with Crippen LogP contribution in [0.5, 0.6) is 0 Å². The Morgan fingerprint density at radius 3 is 1.57 bits per heavy atom. The van der Waals surface area contributed by atoms with E-state index in [1.807, 2.05) is 0 Å². The minimum atomic E-state index is 0.139. The minimum absolute atomic E-state index is 0.139. The van der Waals surface area contributed by atoms with E-state index in [-0.39, 0.29) is 6.14 Å². The molecule has 0 aliphatic carbocycles. The standard InChI is InChI=1S/H14Si7/c1-7(2)5-3-4-6-7/h3-6H2,1-2H3. The van der Waals surface area contributed by atoms with Gasteiger partial charge in [0.25, 0.3) is 0 Å². The summed E-state index contributed by atoms with van der Waals surface area (Å²) in [6.45, 7) is 0. The lowest BCUT2D eigenvalue weighted by Crippen LogP contribution is -2.47. The molecule has 0 saturated carbocycles. The lowest BCUT2D eigenvalue weighted by molar-refractivity contribution is 3.67. The molecule has 0 aromatic heterocycles. The zero-order valence-corrected chi connectivity index (χ0v) is 16.0. The lowest BCUT2D eigenvalue weighted by Gasteiger charge is -2.10. The van der Waals surface area contributed by atoms with Crippen LogP contribution in [0.2, 0.25) is 0 Å². The highest BCUT2D eigenvalue weighted by atomic mass is 30.3. The first-order chi connectivity index (χ1) is 3.21. The maximum absolute atomic E-state index is 1.81. The summed E-state index contributed by atoms with van der Waals surface area (Å²) in [6.07, 6.45) is 0.139. The minimum Gasteiger partial charge on any atom is -0.0110 e. The van der Waals surface area contributed by atoms with Gasteiger partial charge in [-0.25, -0.2) is 0 Å². The summed E-state index contributed by atoms with van der Waals surface area (Å²) in [6, 6.07) is 0. The molecule has 0 unspecified atom stereocenters. The SMILES string of the molecule is [SiH3][Si]1([SiH3])[SiH2][SiH2][SiH2][SiH2]1. The molecule has 0 atom stereocenters. The quantitative estimate of drug-likeness (QED) is 0.349. The molecule has 1 saturated heterocycles. The summed E-state index contributed by atoms with van der Waals surface area (Å²) in [7, 11) is 7.22. The molecule has 7 heteroatoms. The summed E-state index contributed by atoms with van der Waals surface area (Å²) >= 11 is 0. The van der Waals surface area contributed by atoms with E-state index in [2.05, 4.69) is 0 Å². The summed E-state index contributed by atoms with van der Waals surface area (Å²) in [4.78, 5) is 0. The summed E-state index contributed by atoms with van der Waals surface area (Å²) in [5.74, 6) is 0. The molecular formula is H14Si7. The van der Waals surface area contributed by atoms with Gasteiger partial charge < -0.3 is 0 Å². The van der Waals surface area contributed by atoms with Crippen molar-refractivity contribution >= 4 is 59.9 Å². The van der Waals surface area contributed by atoms with E-state index < -0.39 is 0 Å². The predicted molar refractivity (Wildman–Crippen MR) is 59.8 cm³/mol. The Hall–Kier alpha value is 1.52. The van der Waals surface area contributed by atoms with Crippen LogP contribution in [0.4, 0.5) is 0 Å². The molecule has 0 aromatic rings. The second-order valence-corrected chi connectivity index (χ2v) is 91.0. The molecule has 0 N–H and O–H groups in total. The summed E-state index contributed by atoms with van der Waals surface area (Å²) in [5, 5.41) is 0. The highest BCUT2D eigenvalue weighted by molar-refractivity contribution is 8.01. The molecule has 0 spiro atoms. The first-order valence-corrected chi connectivity index (χ1v) is 28.9. The monoisotopic (exact) mass is 210 g/mol. The van der Waals surface area contributed by atoms with Crippen molar-refractivity contribution in [3.05, 3.63) is 0 Å². The molecule has 1 rings (SSSR count). The van der Waals surface area contributed by atoms with Gasteiger partial charge in [-0.05, 0) is 59.9 Å². The van der Waals surface area contributed by atoms with Crippen LogP contribution >= 0.6 is 0 Å². The fourth-order valence-corrected chi connectivity index (χ4v) is 324. The van der Waals surface area contributed by atoms with Gasteiger partial charge in [-0.1, -0.05) is 0 Å². The van der Waals surface area contributed by atoms with Crippen LogP contribution in [0.15, 0.2) is 0 Å². The van der Waals surface area contributed by atoms with E-state index in [0.717, 1.165) is 34.2 Å². The molecule has 1 heterocycles. The Kier molecular flexibility index (Phi) is 2.28. The Morgan fingerprint density at radius 2 is 1.43 bits per heavy atom. The van der Waals surface area contributed by atoms with Gasteiger partial charge >= 0.3 is 0 Å². The van der Waals surface area contributed by atoms with Gasteiger partial charge in [-0.15, -0.1) is 0 Å². The van der Waals surface area contributed by atoms with E-state index >= 15 is 0 Å². The van der Waals surface area contributed by atoms with E-state index in [9.17, 15) is 0 Å². The maximum Gasteiger partial charge on any atom is -0.00581 e. The van der Waals surface area contributed by atoms with Gasteiger partial charge in [0.1, 0.15) is 0 Å². The highest BCUT2D eigenvalue weighted by Gasteiger charge is 2.25. The van der Waals surface area contributed by atoms with E-state index in [1.165, 1.54) is 0 Å². The third kappa shape index (κ3) is 2.07. The zero-order chi connectivity index (χ0) is 5.33. The van der Waals surface area contributed by atoms with Crippen molar-refractivity contribution in [2.45, 2.75) is 0 Å². The van der Waals surface area contributed by atoms with Crippen LogP contribution in [0, 0.1) is 0 Å². The molecule has 42 valence electrons. The Labute approximate surface area is 59.9 Å². The predicted octanol–water partition coefficient (Wildman–Crippen LogP) is -6.41. The molecule has 0 amide bonds. The molecule has 1 aliphatic rings. The molecule has 0 nitrogen and oxygen atoms in total. The second kappa shape index (κ2) is 2.41. The Bertz CT molecular complexity index is 54.4. The van der Waals surface area contributed by atoms with Crippen molar-refractivity contribution < 1.29 is 0 Å². The van der Waals surface area contributed by atoms with Gasteiger partial charge in [-0.2, -0.15) is 0 Å². The van der Waals surface area contributed by atoms with E-state index in [0.29, 0.717) is 0 Å². The molecule has 1 aliphatic heterocycles. The third-order valence-corrected chi connectivity index (χ3v) is 159. The van der Waals surface area contributed by atoms with Crippen LogP contribution in [0.3, 0.4) is 0 Å². The number of hydrogen-bond acceptors (Lipinski definition) is 0. The summed E-state index contributed by atoms with van der Waals surface area (Å²) < 4.78 is 0. The van der Waals surface area contributed by atoms with Crippen molar-refractivity contribution in [2.75, 3.05) is 0 Å². The molecule has 0 bridgehead atoms. The Morgan fingerprint density at radius 1 is 1.00 bits per heavy atom. The van der Waals surface area contributed by atoms with Gasteiger partial charge in [0.05, 0.1) is 0 Å². The topological polar surface area (TPSA) is 0 Å². The van der Waals surface area contributed by atoms with E-state index in [4.69, 9.17) is 0 Å². The third-order valence-electron chi connectivity index (χ3n) is 1.96. The number of rotatable bonds is 0. The molecule has 0 aromatic carbocycles. The van der Waals surface area contributed by atoms with Gasteiger partial charge in [0.15, 0.2) is 0 Å². The molecule has 0 radical (unpaired) electrons. The normalized spacial score (nSPS) is 56.6. The lowest BCUT2D eigenvalue weighted by atomic mass is 26.0. The van der Waals surface area contributed by atoms with Gasteiger partial charge in [0.2, 0.25) is 0 Å². The fourth-order valence-electron chi connectivity index (χ4n) is 1.33. The average Bonchev–Trinajstić information content (AvgIpc) is 1.84. The van der Waals surface area contributed by atoms with Crippen molar-refractivity contribution in [3.63, 3.8) is 0 Å². The number of hydrogen-bond donors (Lipinski definition) is 0. The zero-order valence-electron chi connectivity index (χ0n) is 5.33. The van der Waals surface area contributed by atoms with Gasteiger partial charge in [0, 0.05) is 0 Å². The summed E-state index contributed by atoms with van der Waals surface area (Å²) in [5.41, 5.74) is 0. The van der Waals surface area contributed by atoms with Crippen LogP contribution in [0.25, 0.3) is 0 Å². The van der Waals surface area contributed by atoms with E-state index in [1.54, 1.807) is 19.5 Å². The van der Waals surface area contributed by atoms with Crippen LogP contribution in [-0.4, -0.2) is 59.9 Å². The van der Waals surface area contributed by atoms with Crippen LogP contribution in [0.1, 0.15) is 0 Å². The van der Waals surface area contributed by atoms with Crippen molar-refractivity contribution in [1.29, 1.82) is 0 Å². The Balaban J connectivity index is 2.40. The largest absolute Gasteiger partial charge is 0.0110 e. The first-order valence-electron chi connectivity index (χ1n) is 3.21. The second-order valence-electron chi connectivity index (χ2n) is 3.37. The fraction of sp³-hybridized carbons (Fsp3) is 0. The first kappa shape index (κ1) is 6.64.